The number of sulfonamides is 1. The van der Waals surface area contributed by atoms with Gasteiger partial charge in [0.05, 0.1) is 9.82 Å². The normalized spacial score (nSPS) is 17.1. The molecule has 110 valence electrons. The van der Waals surface area contributed by atoms with Gasteiger partial charge in [-0.2, -0.15) is 0 Å². The molecule has 1 saturated heterocycles. The number of hydrogen-bond acceptors (Lipinski definition) is 5. The number of nitrogens with one attached hydrogen (secondary N) is 2. The molecule has 0 amide bonds. The van der Waals surface area contributed by atoms with Crippen LogP contribution in [0.15, 0.2) is 23.1 Å². The predicted molar refractivity (Wildman–Crippen MR) is 74.0 cm³/mol. The summed E-state index contributed by atoms with van der Waals surface area (Å²) in [6.07, 6.45) is 1.43. The summed E-state index contributed by atoms with van der Waals surface area (Å²) in [5, 5.41) is 14.0. The molecule has 20 heavy (non-hydrogen) atoms. The summed E-state index contributed by atoms with van der Waals surface area (Å²) in [6.45, 7) is 3.11. The van der Waals surface area contributed by atoms with Crippen LogP contribution in [0.25, 0.3) is 0 Å². The van der Waals surface area contributed by atoms with Crippen LogP contribution in [0.2, 0.25) is 0 Å². The molecule has 0 radical (unpaired) electrons. The highest BCUT2D eigenvalue weighted by Crippen LogP contribution is 2.22. The Balaban J connectivity index is 2.24. The number of nitro benzene ring substituents is 1. The molecule has 0 saturated carbocycles. The molecule has 0 atom stereocenters. The molecule has 1 aromatic carbocycles. The zero-order valence-electron chi connectivity index (χ0n) is 11.1. The van der Waals surface area contributed by atoms with Gasteiger partial charge in [0, 0.05) is 17.7 Å². The third-order valence-electron chi connectivity index (χ3n) is 3.35. The minimum Gasteiger partial charge on any atom is -0.317 e. The lowest BCUT2D eigenvalue weighted by molar-refractivity contribution is -0.385. The third kappa shape index (κ3) is 3.33. The second-order valence-corrected chi connectivity index (χ2v) is 6.56. The van der Waals surface area contributed by atoms with Crippen molar-refractivity contribution in [3.63, 3.8) is 0 Å². The molecule has 2 N–H and O–H groups in total. The molecule has 8 heteroatoms. The molecule has 1 aliphatic heterocycles. The van der Waals surface area contributed by atoms with Crippen LogP contribution in [0, 0.1) is 17.0 Å². The quantitative estimate of drug-likeness (QED) is 0.636. The topological polar surface area (TPSA) is 101 Å². The first-order valence-corrected chi connectivity index (χ1v) is 7.86. The van der Waals surface area contributed by atoms with Crippen LogP contribution in [-0.4, -0.2) is 32.5 Å². The zero-order chi connectivity index (χ0) is 14.8. The fourth-order valence-corrected chi connectivity index (χ4v) is 3.50. The van der Waals surface area contributed by atoms with Gasteiger partial charge >= 0.3 is 0 Å². The Morgan fingerprint density at radius 2 is 2.00 bits per heavy atom. The molecule has 1 heterocycles. The fourth-order valence-electron chi connectivity index (χ4n) is 2.18. The molecule has 2 rings (SSSR count). The van der Waals surface area contributed by atoms with E-state index in [1.807, 2.05) is 0 Å². The molecular formula is C12H17N3O4S. The van der Waals surface area contributed by atoms with Crippen LogP contribution in [0.1, 0.15) is 18.4 Å². The Morgan fingerprint density at radius 3 is 2.60 bits per heavy atom. The first-order chi connectivity index (χ1) is 9.40. The van der Waals surface area contributed by atoms with Crippen molar-refractivity contribution < 1.29 is 13.3 Å². The maximum atomic E-state index is 12.2. The molecule has 0 aromatic heterocycles. The van der Waals surface area contributed by atoms with Crippen molar-refractivity contribution in [1.29, 1.82) is 0 Å². The van der Waals surface area contributed by atoms with E-state index in [1.54, 1.807) is 6.92 Å². The predicted octanol–water partition coefficient (Wildman–Crippen LogP) is 0.934. The van der Waals surface area contributed by atoms with Crippen LogP contribution < -0.4 is 10.0 Å². The summed E-state index contributed by atoms with van der Waals surface area (Å²) >= 11 is 0. The van der Waals surface area contributed by atoms with Crippen molar-refractivity contribution in [2.24, 2.45) is 0 Å². The summed E-state index contributed by atoms with van der Waals surface area (Å²) in [5.74, 6) is 0. The lowest BCUT2D eigenvalue weighted by Crippen LogP contribution is -2.42. The third-order valence-corrected chi connectivity index (χ3v) is 4.87. The standard InChI is InChI=1S/C12H17N3O4S/c1-9-2-3-11(8-12(9)15(16)17)20(18,19)14-10-4-6-13-7-5-10/h2-3,8,10,13-14H,4-7H2,1H3. The second-order valence-electron chi connectivity index (χ2n) is 4.85. The average molecular weight is 299 g/mol. The SMILES string of the molecule is Cc1ccc(S(=O)(=O)NC2CCNCC2)cc1[N+](=O)[O-]. The van der Waals surface area contributed by atoms with Gasteiger partial charge in [-0.25, -0.2) is 13.1 Å². The maximum Gasteiger partial charge on any atom is 0.273 e. The Morgan fingerprint density at radius 1 is 1.35 bits per heavy atom. The van der Waals surface area contributed by atoms with Gasteiger partial charge in [-0.3, -0.25) is 10.1 Å². The summed E-state index contributed by atoms with van der Waals surface area (Å²) in [4.78, 5) is 10.2. The number of nitrogens with zero attached hydrogens (tertiary/aromatic N) is 1. The van der Waals surface area contributed by atoms with Crippen molar-refractivity contribution in [1.82, 2.24) is 10.0 Å². The molecule has 1 fully saturated rings. The smallest absolute Gasteiger partial charge is 0.273 e. The van der Waals surface area contributed by atoms with E-state index >= 15 is 0 Å². The number of piperidine rings is 1. The van der Waals surface area contributed by atoms with Crippen LogP contribution in [0.4, 0.5) is 5.69 Å². The van der Waals surface area contributed by atoms with Gasteiger partial charge in [0.25, 0.3) is 5.69 Å². The van der Waals surface area contributed by atoms with E-state index in [9.17, 15) is 18.5 Å². The molecule has 0 aliphatic carbocycles. The number of benzene rings is 1. The molecule has 7 nitrogen and oxygen atoms in total. The number of hydrogen-bond donors (Lipinski definition) is 2. The molecule has 0 bridgehead atoms. The maximum absolute atomic E-state index is 12.2. The van der Waals surface area contributed by atoms with Gasteiger partial charge < -0.3 is 5.32 Å². The lowest BCUT2D eigenvalue weighted by atomic mass is 10.1. The Bertz CT molecular complexity index is 609. The van der Waals surface area contributed by atoms with Crippen molar-refractivity contribution in [3.8, 4) is 0 Å². The van der Waals surface area contributed by atoms with Gasteiger partial charge in [0.2, 0.25) is 10.0 Å². The van der Waals surface area contributed by atoms with E-state index in [0.717, 1.165) is 19.2 Å². The number of nitro groups is 1. The zero-order valence-corrected chi connectivity index (χ0v) is 11.9. The largest absolute Gasteiger partial charge is 0.317 e. The molecular weight excluding hydrogens is 282 g/mol. The van der Waals surface area contributed by atoms with Gasteiger partial charge in [-0.05, 0) is 38.9 Å². The van der Waals surface area contributed by atoms with Crippen molar-refractivity contribution in [2.45, 2.75) is 30.7 Å². The lowest BCUT2D eigenvalue weighted by Gasteiger charge is -2.23. The fraction of sp³-hybridized carbons (Fsp3) is 0.500. The van der Waals surface area contributed by atoms with Gasteiger partial charge in [0.1, 0.15) is 0 Å². The average Bonchev–Trinajstić information content (AvgIpc) is 2.39. The van der Waals surface area contributed by atoms with E-state index in [2.05, 4.69) is 10.0 Å². The van der Waals surface area contributed by atoms with Crippen molar-refractivity contribution in [2.75, 3.05) is 13.1 Å². The highest BCUT2D eigenvalue weighted by molar-refractivity contribution is 7.89. The molecule has 0 spiro atoms. The van der Waals surface area contributed by atoms with E-state index in [-0.39, 0.29) is 16.6 Å². The number of rotatable bonds is 4. The summed E-state index contributed by atoms with van der Waals surface area (Å²) in [6, 6.07) is 3.83. The van der Waals surface area contributed by atoms with Crippen molar-refractivity contribution in [3.05, 3.63) is 33.9 Å². The molecule has 0 unspecified atom stereocenters. The highest BCUT2D eigenvalue weighted by Gasteiger charge is 2.24. The first kappa shape index (κ1) is 14.9. The van der Waals surface area contributed by atoms with Crippen LogP contribution in [0.3, 0.4) is 0 Å². The minimum atomic E-state index is -3.71. The monoisotopic (exact) mass is 299 g/mol. The van der Waals surface area contributed by atoms with Gasteiger partial charge in [-0.15, -0.1) is 0 Å². The summed E-state index contributed by atoms with van der Waals surface area (Å²) in [7, 11) is -3.71. The van der Waals surface area contributed by atoms with Crippen LogP contribution >= 0.6 is 0 Å². The van der Waals surface area contributed by atoms with E-state index < -0.39 is 14.9 Å². The van der Waals surface area contributed by atoms with Gasteiger partial charge in [-0.1, -0.05) is 6.07 Å². The van der Waals surface area contributed by atoms with E-state index in [0.29, 0.717) is 18.4 Å². The van der Waals surface area contributed by atoms with Crippen LogP contribution in [0.5, 0.6) is 0 Å². The van der Waals surface area contributed by atoms with E-state index in [4.69, 9.17) is 0 Å². The highest BCUT2D eigenvalue weighted by atomic mass is 32.2. The number of aryl methyl sites for hydroxylation is 1. The van der Waals surface area contributed by atoms with Crippen LogP contribution in [-0.2, 0) is 10.0 Å². The first-order valence-electron chi connectivity index (χ1n) is 6.38. The second kappa shape index (κ2) is 5.86. The van der Waals surface area contributed by atoms with Crippen molar-refractivity contribution >= 4 is 15.7 Å². The Kier molecular flexibility index (Phi) is 4.36. The molecule has 1 aliphatic rings. The van der Waals surface area contributed by atoms with Gasteiger partial charge in [0.15, 0.2) is 0 Å². The molecule has 1 aromatic rings. The Labute approximate surface area is 117 Å². The minimum absolute atomic E-state index is 0.0617. The Hall–Kier alpha value is -1.51. The van der Waals surface area contributed by atoms with E-state index in [1.165, 1.54) is 12.1 Å². The summed E-state index contributed by atoms with van der Waals surface area (Å²) < 4.78 is 27.1. The summed E-state index contributed by atoms with van der Waals surface area (Å²) in [5.41, 5.74) is 0.258.